The smallest absolute Gasteiger partial charge is 0.255 e. The third-order valence-electron chi connectivity index (χ3n) is 3.29. The van der Waals surface area contributed by atoms with E-state index in [1.807, 2.05) is 24.1 Å². The second kappa shape index (κ2) is 7.12. The van der Waals surface area contributed by atoms with Gasteiger partial charge >= 0.3 is 0 Å². The molecule has 0 spiro atoms. The molecule has 1 aliphatic heterocycles. The number of carbonyl (C=O) groups excluding carboxylic acids is 1. The Kier molecular flexibility index (Phi) is 6.10. The Hall–Kier alpha value is -0.780. The number of methoxy groups -OCH3 is 1. The fourth-order valence-electron chi connectivity index (χ4n) is 2.15. The van der Waals surface area contributed by atoms with Gasteiger partial charge in [0.2, 0.25) is 0 Å². The van der Waals surface area contributed by atoms with Crippen LogP contribution in [0.4, 0.5) is 0 Å². The quantitative estimate of drug-likeness (QED) is 0.910. The molecule has 1 aliphatic rings. The number of rotatable bonds is 3. The molecule has 2 rings (SSSR count). The summed E-state index contributed by atoms with van der Waals surface area (Å²) >= 11 is 3.42. The van der Waals surface area contributed by atoms with Crippen LogP contribution in [0.15, 0.2) is 22.7 Å². The van der Waals surface area contributed by atoms with Gasteiger partial charge in [0.1, 0.15) is 5.75 Å². The van der Waals surface area contributed by atoms with Crippen LogP contribution in [-0.4, -0.2) is 44.1 Å². The lowest BCUT2D eigenvalue weighted by Gasteiger charge is -2.17. The molecule has 1 aromatic rings. The maximum absolute atomic E-state index is 12.4. The molecule has 1 unspecified atom stereocenters. The first-order valence-electron chi connectivity index (χ1n) is 5.95. The number of halogens is 2. The van der Waals surface area contributed by atoms with Crippen molar-refractivity contribution in [1.29, 1.82) is 0 Å². The summed E-state index contributed by atoms with van der Waals surface area (Å²) in [5, 5.41) is 3.21. The molecule has 0 aliphatic carbocycles. The van der Waals surface area contributed by atoms with Crippen molar-refractivity contribution in [1.82, 2.24) is 10.2 Å². The lowest BCUT2D eigenvalue weighted by molar-refractivity contribution is 0.0788. The van der Waals surface area contributed by atoms with Crippen LogP contribution >= 0.6 is 28.3 Å². The van der Waals surface area contributed by atoms with E-state index >= 15 is 0 Å². The van der Waals surface area contributed by atoms with Crippen LogP contribution in [0.5, 0.6) is 5.75 Å². The predicted octanol–water partition coefficient (Wildman–Crippen LogP) is 2.31. The first-order valence-corrected chi connectivity index (χ1v) is 6.75. The van der Waals surface area contributed by atoms with Crippen molar-refractivity contribution < 1.29 is 9.53 Å². The maximum Gasteiger partial charge on any atom is 0.255 e. The van der Waals surface area contributed by atoms with Crippen molar-refractivity contribution in [3.8, 4) is 5.75 Å². The number of nitrogens with zero attached hydrogens (tertiary/aromatic N) is 1. The lowest BCUT2D eigenvalue weighted by Crippen LogP contribution is -2.33. The number of hydrogen-bond donors (Lipinski definition) is 1. The van der Waals surface area contributed by atoms with Crippen molar-refractivity contribution in [3.63, 3.8) is 0 Å². The fourth-order valence-corrected chi connectivity index (χ4v) is 2.56. The standard InChI is InChI=1S/C13H17BrN2O2.ClH/c1-15-9-5-6-16(8-9)13(17)11-7-10(18-2)3-4-12(11)14;/h3-4,7,9,15H,5-6,8H2,1-2H3;1H. The Morgan fingerprint density at radius 1 is 1.53 bits per heavy atom. The second-order valence-corrected chi connectivity index (χ2v) is 5.23. The number of amides is 1. The zero-order chi connectivity index (χ0) is 13.1. The molecule has 1 amide bonds. The van der Waals surface area contributed by atoms with Gasteiger partial charge in [-0.25, -0.2) is 0 Å². The van der Waals surface area contributed by atoms with Gasteiger partial charge in [0.05, 0.1) is 12.7 Å². The van der Waals surface area contributed by atoms with Gasteiger partial charge in [-0.3, -0.25) is 4.79 Å². The Morgan fingerprint density at radius 2 is 2.26 bits per heavy atom. The van der Waals surface area contributed by atoms with E-state index in [1.165, 1.54) is 0 Å². The van der Waals surface area contributed by atoms with E-state index in [9.17, 15) is 4.79 Å². The molecule has 1 heterocycles. The molecular formula is C13H18BrClN2O2. The van der Waals surface area contributed by atoms with Gasteiger partial charge in [-0.1, -0.05) is 0 Å². The molecule has 6 heteroatoms. The minimum atomic E-state index is 0. The normalized spacial score (nSPS) is 18.1. The summed E-state index contributed by atoms with van der Waals surface area (Å²) in [6, 6.07) is 5.86. The zero-order valence-electron chi connectivity index (χ0n) is 11.0. The van der Waals surface area contributed by atoms with E-state index in [0.29, 0.717) is 17.4 Å². The summed E-state index contributed by atoms with van der Waals surface area (Å²) in [6.07, 6.45) is 1.00. The highest BCUT2D eigenvalue weighted by Crippen LogP contribution is 2.25. The molecule has 1 saturated heterocycles. The molecule has 0 radical (unpaired) electrons. The summed E-state index contributed by atoms with van der Waals surface area (Å²) in [5.41, 5.74) is 0.658. The number of ether oxygens (including phenoxy) is 1. The van der Waals surface area contributed by atoms with Crippen LogP contribution < -0.4 is 10.1 Å². The minimum absolute atomic E-state index is 0. The van der Waals surface area contributed by atoms with Gasteiger partial charge in [-0.2, -0.15) is 0 Å². The number of likely N-dealkylation sites (N-methyl/N-ethyl adjacent to an activating group) is 1. The van der Waals surface area contributed by atoms with Crippen LogP contribution in [0, 0.1) is 0 Å². The number of carbonyl (C=O) groups is 1. The van der Waals surface area contributed by atoms with E-state index in [4.69, 9.17) is 4.74 Å². The van der Waals surface area contributed by atoms with E-state index in [0.717, 1.165) is 24.0 Å². The topological polar surface area (TPSA) is 41.6 Å². The number of hydrogen-bond acceptors (Lipinski definition) is 3. The average Bonchev–Trinajstić information content (AvgIpc) is 2.87. The summed E-state index contributed by atoms with van der Waals surface area (Å²) in [6.45, 7) is 1.56. The second-order valence-electron chi connectivity index (χ2n) is 4.37. The van der Waals surface area contributed by atoms with Gasteiger partial charge < -0.3 is 15.0 Å². The molecule has 19 heavy (non-hydrogen) atoms. The highest BCUT2D eigenvalue weighted by atomic mass is 79.9. The average molecular weight is 350 g/mol. The summed E-state index contributed by atoms with van der Waals surface area (Å²) in [7, 11) is 3.53. The molecule has 106 valence electrons. The Labute approximate surface area is 128 Å². The zero-order valence-corrected chi connectivity index (χ0v) is 13.4. The van der Waals surface area contributed by atoms with Gasteiger partial charge in [-0.05, 0) is 47.6 Å². The third kappa shape index (κ3) is 3.61. The van der Waals surface area contributed by atoms with Gasteiger partial charge in [0.25, 0.3) is 5.91 Å². The van der Waals surface area contributed by atoms with Gasteiger partial charge in [0.15, 0.2) is 0 Å². The molecule has 1 aromatic carbocycles. The predicted molar refractivity (Wildman–Crippen MR) is 81.3 cm³/mol. The molecule has 1 fully saturated rings. The highest BCUT2D eigenvalue weighted by molar-refractivity contribution is 9.10. The summed E-state index contributed by atoms with van der Waals surface area (Å²) in [5.74, 6) is 0.754. The van der Waals surface area contributed by atoms with Crippen LogP contribution in [-0.2, 0) is 0 Å². The SMILES string of the molecule is CNC1CCN(C(=O)c2cc(OC)ccc2Br)C1.Cl. The Bertz CT molecular complexity index is 456. The van der Waals surface area contributed by atoms with Crippen LogP contribution in [0.3, 0.4) is 0 Å². The molecule has 0 saturated carbocycles. The number of nitrogens with one attached hydrogen (secondary N) is 1. The van der Waals surface area contributed by atoms with Crippen molar-refractivity contribution in [2.45, 2.75) is 12.5 Å². The fraction of sp³-hybridized carbons (Fsp3) is 0.462. The molecule has 0 bridgehead atoms. The number of benzene rings is 1. The minimum Gasteiger partial charge on any atom is -0.497 e. The maximum atomic E-state index is 12.4. The third-order valence-corrected chi connectivity index (χ3v) is 3.98. The van der Waals surface area contributed by atoms with Crippen LogP contribution in [0.25, 0.3) is 0 Å². The van der Waals surface area contributed by atoms with Crippen LogP contribution in [0.1, 0.15) is 16.8 Å². The van der Waals surface area contributed by atoms with Crippen molar-refractivity contribution in [3.05, 3.63) is 28.2 Å². The molecular weight excluding hydrogens is 332 g/mol. The first-order chi connectivity index (χ1) is 8.65. The van der Waals surface area contributed by atoms with Gasteiger partial charge in [-0.15, -0.1) is 12.4 Å². The van der Waals surface area contributed by atoms with Crippen molar-refractivity contribution >= 4 is 34.2 Å². The molecule has 4 nitrogen and oxygen atoms in total. The number of likely N-dealkylation sites (tertiary alicyclic amines) is 1. The summed E-state index contributed by atoms with van der Waals surface area (Å²) < 4.78 is 5.97. The van der Waals surface area contributed by atoms with E-state index in [-0.39, 0.29) is 18.3 Å². The molecule has 1 atom stereocenters. The van der Waals surface area contributed by atoms with Crippen LogP contribution in [0.2, 0.25) is 0 Å². The van der Waals surface area contributed by atoms with Gasteiger partial charge in [0, 0.05) is 23.6 Å². The Balaban J connectivity index is 0.00000180. The van der Waals surface area contributed by atoms with E-state index in [1.54, 1.807) is 13.2 Å². The van der Waals surface area contributed by atoms with Crippen molar-refractivity contribution in [2.75, 3.05) is 27.2 Å². The van der Waals surface area contributed by atoms with Crippen molar-refractivity contribution in [2.24, 2.45) is 0 Å². The Morgan fingerprint density at radius 3 is 2.84 bits per heavy atom. The van der Waals surface area contributed by atoms with E-state index < -0.39 is 0 Å². The van der Waals surface area contributed by atoms with E-state index in [2.05, 4.69) is 21.2 Å². The lowest BCUT2D eigenvalue weighted by atomic mass is 10.2. The summed E-state index contributed by atoms with van der Waals surface area (Å²) in [4.78, 5) is 14.3. The molecule has 0 aromatic heterocycles. The first kappa shape index (κ1) is 16.3. The highest BCUT2D eigenvalue weighted by Gasteiger charge is 2.27. The largest absolute Gasteiger partial charge is 0.497 e. The monoisotopic (exact) mass is 348 g/mol. The molecule has 1 N–H and O–H groups in total.